The summed E-state index contributed by atoms with van der Waals surface area (Å²) in [6.45, 7) is 7.16. The third kappa shape index (κ3) is 3.72. The van der Waals surface area contributed by atoms with E-state index in [1.54, 1.807) is 0 Å². The summed E-state index contributed by atoms with van der Waals surface area (Å²) in [4.78, 5) is 17.4. The SMILES string of the molecule is CC(C)(C)OC(=O)N1CCC(N2C(=S)CCc3ccccc32)CC1. The van der Waals surface area contributed by atoms with Gasteiger partial charge in [0.2, 0.25) is 0 Å². The van der Waals surface area contributed by atoms with Gasteiger partial charge in [-0.25, -0.2) is 4.79 Å². The summed E-state index contributed by atoms with van der Waals surface area (Å²) in [7, 11) is 0. The second kappa shape index (κ2) is 6.71. The van der Waals surface area contributed by atoms with Crippen molar-refractivity contribution in [3.05, 3.63) is 29.8 Å². The highest BCUT2D eigenvalue weighted by Crippen LogP contribution is 2.33. The van der Waals surface area contributed by atoms with Gasteiger partial charge in [-0.1, -0.05) is 30.4 Å². The van der Waals surface area contributed by atoms with E-state index in [0.29, 0.717) is 6.04 Å². The molecule has 0 atom stereocenters. The standard InChI is InChI=1S/C19H26N2O2S/c1-19(2,3)23-18(22)20-12-10-15(11-13-20)21-16-7-5-4-6-14(16)8-9-17(21)24/h4-7,15H,8-13H2,1-3H3. The van der Waals surface area contributed by atoms with Crippen LogP contribution in [-0.2, 0) is 11.2 Å². The predicted octanol–water partition coefficient (Wildman–Crippen LogP) is 4.17. The van der Waals surface area contributed by atoms with Crippen LogP contribution in [0.3, 0.4) is 0 Å². The number of hydrogen-bond donors (Lipinski definition) is 0. The predicted molar refractivity (Wildman–Crippen MR) is 101 cm³/mol. The van der Waals surface area contributed by atoms with Crippen LogP contribution in [0.4, 0.5) is 10.5 Å². The van der Waals surface area contributed by atoms with Gasteiger partial charge < -0.3 is 14.5 Å². The van der Waals surface area contributed by atoms with E-state index in [0.717, 1.165) is 43.8 Å². The number of para-hydroxylation sites is 1. The minimum atomic E-state index is -0.443. The van der Waals surface area contributed by atoms with Crippen molar-refractivity contribution >= 4 is 29.0 Å². The van der Waals surface area contributed by atoms with Gasteiger partial charge in [-0.3, -0.25) is 0 Å². The molecule has 5 heteroatoms. The minimum Gasteiger partial charge on any atom is -0.444 e. The molecular formula is C19H26N2O2S. The number of amides is 1. The van der Waals surface area contributed by atoms with Crippen molar-refractivity contribution in [2.45, 2.75) is 58.1 Å². The van der Waals surface area contributed by atoms with Crippen molar-refractivity contribution in [1.29, 1.82) is 0 Å². The van der Waals surface area contributed by atoms with Crippen LogP contribution in [0.15, 0.2) is 24.3 Å². The van der Waals surface area contributed by atoms with Crippen LogP contribution in [0.2, 0.25) is 0 Å². The molecule has 1 fully saturated rings. The molecule has 3 rings (SSSR count). The molecule has 1 aromatic rings. The number of hydrogen-bond acceptors (Lipinski definition) is 3. The number of fused-ring (bicyclic) bond motifs is 1. The normalized spacial score (nSPS) is 19.2. The van der Waals surface area contributed by atoms with Crippen LogP contribution in [0.1, 0.15) is 45.6 Å². The lowest BCUT2D eigenvalue weighted by Crippen LogP contribution is -2.50. The average molecular weight is 346 g/mol. The van der Waals surface area contributed by atoms with Gasteiger partial charge in [0.05, 0.1) is 4.99 Å². The van der Waals surface area contributed by atoms with Crippen LogP contribution in [0, 0.1) is 0 Å². The molecule has 0 spiro atoms. The Morgan fingerprint density at radius 1 is 1.17 bits per heavy atom. The Labute approximate surface area is 149 Å². The molecule has 0 saturated carbocycles. The number of anilines is 1. The lowest BCUT2D eigenvalue weighted by molar-refractivity contribution is 0.0207. The first-order valence-electron chi connectivity index (χ1n) is 8.73. The molecule has 1 saturated heterocycles. The van der Waals surface area contributed by atoms with Gasteiger partial charge in [-0.15, -0.1) is 0 Å². The maximum atomic E-state index is 12.2. The molecule has 2 aliphatic heterocycles. The van der Waals surface area contributed by atoms with Crippen LogP contribution < -0.4 is 4.90 Å². The molecular weight excluding hydrogens is 320 g/mol. The van der Waals surface area contributed by atoms with Gasteiger partial charge in [0.1, 0.15) is 5.60 Å². The van der Waals surface area contributed by atoms with Crippen molar-refractivity contribution in [2.24, 2.45) is 0 Å². The maximum Gasteiger partial charge on any atom is 0.410 e. The quantitative estimate of drug-likeness (QED) is 0.715. The van der Waals surface area contributed by atoms with Crippen LogP contribution >= 0.6 is 12.2 Å². The fraction of sp³-hybridized carbons (Fsp3) is 0.579. The van der Waals surface area contributed by atoms with Crippen molar-refractivity contribution < 1.29 is 9.53 Å². The second-order valence-electron chi connectivity index (χ2n) is 7.59. The van der Waals surface area contributed by atoms with Gasteiger partial charge >= 0.3 is 6.09 Å². The zero-order valence-electron chi connectivity index (χ0n) is 14.7. The van der Waals surface area contributed by atoms with E-state index >= 15 is 0 Å². The monoisotopic (exact) mass is 346 g/mol. The number of carbonyl (C=O) groups excluding carboxylic acids is 1. The first-order chi connectivity index (χ1) is 11.3. The third-order valence-electron chi connectivity index (χ3n) is 4.61. The lowest BCUT2D eigenvalue weighted by Gasteiger charge is -2.42. The highest BCUT2D eigenvalue weighted by Gasteiger charge is 2.33. The van der Waals surface area contributed by atoms with Gasteiger partial charge in [0, 0.05) is 31.2 Å². The third-order valence-corrected chi connectivity index (χ3v) is 5.01. The maximum absolute atomic E-state index is 12.2. The topological polar surface area (TPSA) is 32.8 Å². The summed E-state index contributed by atoms with van der Waals surface area (Å²) in [5.74, 6) is 0. The number of rotatable bonds is 1. The van der Waals surface area contributed by atoms with Gasteiger partial charge in [-0.05, 0) is 51.7 Å². The molecule has 130 valence electrons. The fourth-order valence-corrected chi connectivity index (χ4v) is 3.84. The minimum absolute atomic E-state index is 0.206. The molecule has 1 amide bonds. The Morgan fingerprint density at radius 3 is 2.50 bits per heavy atom. The van der Waals surface area contributed by atoms with E-state index < -0.39 is 5.60 Å². The Kier molecular flexibility index (Phi) is 4.81. The van der Waals surface area contributed by atoms with Gasteiger partial charge in [0.15, 0.2) is 0 Å². The van der Waals surface area contributed by atoms with Crippen LogP contribution in [-0.4, -0.2) is 40.7 Å². The van der Waals surface area contributed by atoms with Crippen LogP contribution in [0.25, 0.3) is 0 Å². The van der Waals surface area contributed by atoms with Crippen molar-refractivity contribution in [2.75, 3.05) is 18.0 Å². The number of ether oxygens (including phenoxy) is 1. The molecule has 0 aromatic heterocycles. The zero-order chi connectivity index (χ0) is 17.3. The molecule has 4 nitrogen and oxygen atoms in total. The molecule has 0 N–H and O–H groups in total. The Morgan fingerprint density at radius 2 is 1.83 bits per heavy atom. The van der Waals surface area contributed by atoms with E-state index in [1.165, 1.54) is 11.3 Å². The van der Waals surface area contributed by atoms with Gasteiger partial charge in [0.25, 0.3) is 0 Å². The molecule has 0 aliphatic carbocycles. The molecule has 0 unspecified atom stereocenters. The largest absolute Gasteiger partial charge is 0.444 e. The van der Waals surface area contributed by atoms with E-state index in [-0.39, 0.29) is 6.09 Å². The molecule has 0 radical (unpaired) electrons. The van der Waals surface area contributed by atoms with Gasteiger partial charge in [-0.2, -0.15) is 0 Å². The Hall–Kier alpha value is -1.62. The molecule has 2 aliphatic rings. The number of carbonyl (C=O) groups is 1. The molecule has 2 heterocycles. The van der Waals surface area contributed by atoms with E-state index in [1.807, 2.05) is 25.7 Å². The molecule has 1 aromatic carbocycles. The summed E-state index contributed by atoms with van der Waals surface area (Å²) in [5, 5.41) is 0. The average Bonchev–Trinajstić information content (AvgIpc) is 2.53. The highest BCUT2D eigenvalue weighted by molar-refractivity contribution is 7.80. The molecule has 24 heavy (non-hydrogen) atoms. The van der Waals surface area contributed by atoms with Crippen molar-refractivity contribution in [1.82, 2.24) is 4.90 Å². The van der Waals surface area contributed by atoms with Crippen molar-refractivity contribution in [3.63, 3.8) is 0 Å². The fourth-order valence-electron chi connectivity index (χ4n) is 3.49. The number of aryl methyl sites for hydroxylation is 1. The number of likely N-dealkylation sites (tertiary alicyclic amines) is 1. The van der Waals surface area contributed by atoms with E-state index in [9.17, 15) is 4.79 Å². The Bertz CT molecular complexity index is 630. The van der Waals surface area contributed by atoms with Crippen molar-refractivity contribution in [3.8, 4) is 0 Å². The summed E-state index contributed by atoms with van der Waals surface area (Å²) < 4.78 is 5.48. The number of nitrogens with zero attached hydrogens (tertiary/aromatic N) is 2. The smallest absolute Gasteiger partial charge is 0.410 e. The summed E-state index contributed by atoms with van der Waals surface area (Å²) in [5.41, 5.74) is 2.19. The van der Waals surface area contributed by atoms with E-state index in [2.05, 4.69) is 29.2 Å². The first kappa shape index (κ1) is 17.2. The molecule has 0 bridgehead atoms. The lowest BCUT2D eigenvalue weighted by atomic mass is 9.96. The number of benzene rings is 1. The Balaban J connectivity index is 1.67. The van der Waals surface area contributed by atoms with Crippen LogP contribution in [0.5, 0.6) is 0 Å². The van der Waals surface area contributed by atoms with E-state index in [4.69, 9.17) is 17.0 Å². The number of thiocarbonyl (C=S) groups is 1. The summed E-state index contributed by atoms with van der Waals surface area (Å²) in [6.07, 6.45) is 3.62. The summed E-state index contributed by atoms with van der Waals surface area (Å²) in [6, 6.07) is 8.91. The zero-order valence-corrected chi connectivity index (χ0v) is 15.6. The first-order valence-corrected chi connectivity index (χ1v) is 9.14. The highest BCUT2D eigenvalue weighted by atomic mass is 32.1. The second-order valence-corrected chi connectivity index (χ2v) is 8.06. The summed E-state index contributed by atoms with van der Waals surface area (Å²) >= 11 is 5.66. The number of piperidine rings is 1.